The van der Waals surface area contributed by atoms with Gasteiger partial charge in [-0.1, -0.05) is 23.4 Å². The molecule has 2 aromatic carbocycles. The highest BCUT2D eigenvalue weighted by Gasteiger charge is 2.17. The van der Waals surface area contributed by atoms with E-state index in [0.29, 0.717) is 29.1 Å². The van der Waals surface area contributed by atoms with Gasteiger partial charge in [0.1, 0.15) is 0 Å². The third-order valence-electron chi connectivity index (χ3n) is 3.97. The first-order valence-electron chi connectivity index (χ1n) is 8.60. The van der Waals surface area contributed by atoms with Gasteiger partial charge in [-0.25, -0.2) is 13.4 Å². The minimum absolute atomic E-state index is 0.140. The van der Waals surface area contributed by atoms with Crippen LogP contribution in [0, 0.1) is 11.8 Å². The minimum Gasteiger partial charge on any atom is -0.469 e. The van der Waals surface area contributed by atoms with Gasteiger partial charge in [0.15, 0.2) is 0 Å². The molecule has 29 heavy (non-hydrogen) atoms. The van der Waals surface area contributed by atoms with E-state index in [1.807, 2.05) is 0 Å². The molecule has 0 bridgehead atoms. The normalized spacial score (nSPS) is 11.0. The second-order valence-corrected chi connectivity index (χ2v) is 9.01. The summed E-state index contributed by atoms with van der Waals surface area (Å²) in [6, 6.07) is 9.53. The van der Waals surface area contributed by atoms with E-state index >= 15 is 0 Å². The third-order valence-corrected chi connectivity index (χ3v) is 6.36. The molecule has 1 N–H and O–H groups in total. The quantitative estimate of drug-likeness (QED) is 0.342. The van der Waals surface area contributed by atoms with Gasteiger partial charge in [0.2, 0.25) is 0 Å². The van der Waals surface area contributed by atoms with E-state index in [1.165, 1.54) is 24.5 Å². The van der Waals surface area contributed by atoms with Gasteiger partial charge in [-0.2, -0.15) is 0 Å². The van der Waals surface area contributed by atoms with Gasteiger partial charge in [-0.15, -0.1) is 11.3 Å². The molecule has 0 unspecified atom stereocenters. The van der Waals surface area contributed by atoms with Crippen LogP contribution in [0.4, 0.5) is 5.69 Å². The molecule has 1 aromatic heterocycles. The van der Waals surface area contributed by atoms with Crippen molar-refractivity contribution >= 4 is 54.8 Å². The number of aromatic nitrogens is 1. The van der Waals surface area contributed by atoms with Crippen LogP contribution in [0.1, 0.15) is 24.8 Å². The number of fused-ring (bicyclic) bond motifs is 1. The molecule has 0 spiro atoms. The summed E-state index contributed by atoms with van der Waals surface area (Å²) in [6.45, 7) is 0. The zero-order valence-electron chi connectivity index (χ0n) is 15.4. The van der Waals surface area contributed by atoms with Crippen LogP contribution in [0.2, 0.25) is 5.02 Å². The van der Waals surface area contributed by atoms with Gasteiger partial charge in [-0.05, 0) is 42.8 Å². The molecule has 0 aliphatic heterocycles. The fraction of sp³-hybridized carbons (Fsp3) is 0.200. The van der Waals surface area contributed by atoms with Crippen LogP contribution in [0.3, 0.4) is 0 Å². The van der Waals surface area contributed by atoms with Crippen molar-refractivity contribution in [1.82, 2.24) is 4.98 Å². The first kappa shape index (κ1) is 21.1. The van der Waals surface area contributed by atoms with Crippen LogP contribution in [0.25, 0.3) is 10.2 Å². The minimum atomic E-state index is -3.81. The van der Waals surface area contributed by atoms with Crippen molar-refractivity contribution in [1.29, 1.82) is 0 Å². The van der Waals surface area contributed by atoms with Crippen molar-refractivity contribution in [2.45, 2.75) is 24.2 Å². The number of benzene rings is 2. The molecule has 9 heteroatoms. The van der Waals surface area contributed by atoms with Crippen LogP contribution >= 0.6 is 22.9 Å². The lowest BCUT2D eigenvalue weighted by Crippen LogP contribution is -2.13. The van der Waals surface area contributed by atoms with Crippen molar-refractivity contribution in [3.63, 3.8) is 0 Å². The Morgan fingerprint density at radius 2 is 2.10 bits per heavy atom. The average molecular weight is 449 g/mol. The van der Waals surface area contributed by atoms with Crippen molar-refractivity contribution < 1.29 is 17.9 Å². The number of halogens is 1. The van der Waals surface area contributed by atoms with Crippen LogP contribution in [-0.2, 0) is 19.6 Å². The predicted octanol–water partition coefficient (Wildman–Crippen LogP) is 4.45. The summed E-state index contributed by atoms with van der Waals surface area (Å²) in [7, 11) is -2.47. The van der Waals surface area contributed by atoms with E-state index in [4.69, 9.17) is 11.6 Å². The van der Waals surface area contributed by atoms with Gasteiger partial charge < -0.3 is 4.74 Å². The Kier molecular flexibility index (Phi) is 6.75. The number of ether oxygens (including phenoxy) is 1. The topological polar surface area (TPSA) is 85.4 Å². The third kappa shape index (κ3) is 5.48. The van der Waals surface area contributed by atoms with E-state index in [1.54, 1.807) is 35.8 Å². The maximum absolute atomic E-state index is 12.8. The number of hydrogen-bond acceptors (Lipinski definition) is 6. The Bertz CT molecular complexity index is 1210. The monoisotopic (exact) mass is 448 g/mol. The standard InChI is InChI=1S/C20H17ClN2O4S2/c1-27-20(24)6-4-2-3-5-14-11-15(21)7-9-17(14)23-29(25,26)16-8-10-18-19(12-16)28-13-22-18/h7-13,23H,2,4,6H2,1H3. The molecular formula is C20H17ClN2O4S2. The number of nitrogens with zero attached hydrogens (tertiary/aromatic N) is 1. The smallest absolute Gasteiger partial charge is 0.305 e. The lowest BCUT2D eigenvalue weighted by atomic mass is 10.1. The fourth-order valence-electron chi connectivity index (χ4n) is 2.50. The molecule has 3 rings (SSSR count). The number of unbranched alkanes of at least 4 members (excludes halogenated alkanes) is 1. The number of methoxy groups -OCH3 is 1. The number of carbonyl (C=O) groups is 1. The van der Waals surface area contributed by atoms with Gasteiger partial charge in [0.05, 0.1) is 39.0 Å². The zero-order chi connectivity index (χ0) is 20.9. The molecule has 0 aliphatic carbocycles. The van der Waals surface area contributed by atoms with Crippen molar-refractivity contribution in [3.8, 4) is 11.8 Å². The van der Waals surface area contributed by atoms with Gasteiger partial charge >= 0.3 is 5.97 Å². The number of rotatable bonds is 6. The number of hydrogen-bond donors (Lipinski definition) is 1. The second kappa shape index (κ2) is 9.27. The highest BCUT2D eigenvalue weighted by molar-refractivity contribution is 7.92. The van der Waals surface area contributed by atoms with Crippen LogP contribution in [0.15, 0.2) is 46.8 Å². The number of nitrogens with one attached hydrogen (secondary N) is 1. The van der Waals surface area contributed by atoms with Gasteiger partial charge in [0.25, 0.3) is 10.0 Å². The maximum Gasteiger partial charge on any atom is 0.305 e. The first-order valence-corrected chi connectivity index (χ1v) is 11.3. The van der Waals surface area contributed by atoms with Crippen LogP contribution in [0.5, 0.6) is 0 Å². The average Bonchev–Trinajstić information content (AvgIpc) is 3.17. The SMILES string of the molecule is COC(=O)CCCC#Cc1cc(Cl)ccc1NS(=O)(=O)c1ccc2ncsc2c1. The lowest BCUT2D eigenvalue weighted by Gasteiger charge is -2.10. The van der Waals surface area contributed by atoms with Crippen LogP contribution < -0.4 is 4.72 Å². The molecular weight excluding hydrogens is 432 g/mol. The summed E-state index contributed by atoms with van der Waals surface area (Å²) in [5, 5.41) is 0.442. The predicted molar refractivity (Wildman–Crippen MR) is 115 cm³/mol. The molecule has 0 aliphatic rings. The van der Waals surface area contributed by atoms with Gasteiger partial charge in [0, 0.05) is 17.9 Å². The molecule has 6 nitrogen and oxygen atoms in total. The number of esters is 1. The number of carbonyl (C=O) groups excluding carboxylic acids is 1. The molecule has 0 atom stereocenters. The Labute approximate surface area is 177 Å². The van der Waals surface area contributed by atoms with Crippen LogP contribution in [-0.4, -0.2) is 26.5 Å². The number of anilines is 1. The second-order valence-electron chi connectivity index (χ2n) is 6.01. The Balaban J connectivity index is 1.80. The zero-order valence-corrected chi connectivity index (χ0v) is 17.8. The summed E-state index contributed by atoms with van der Waals surface area (Å²) < 4.78 is 33.6. The summed E-state index contributed by atoms with van der Waals surface area (Å²) in [5.41, 5.74) is 3.21. The molecule has 0 amide bonds. The molecule has 1 heterocycles. The molecule has 0 saturated carbocycles. The van der Waals surface area contributed by atoms with E-state index in [2.05, 4.69) is 26.3 Å². The summed E-state index contributed by atoms with van der Waals surface area (Å²) in [4.78, 5) is 15.4. The Morgan fingerprint density at radius 1 is 1.28 bits per heavy atom. The van der Waals surface area contributed by atoms with E-state index in [0.717, 1.165) is 10.2 Å². The summed E-state index contributed by atoms with van der Waals surface area (Å²) in [5.74, 6) is 5.57. The van der Waals surface area contributed by atoms with Crippen molar-refractivity contribution in [3.05, 3.63) is 52.5 Å². The summed E-state index contributed by atoms with van der Waals surface area (Å²) in [6.07, 6.45) is 1.30. The Morgan fingerprint density at radius 3 is 2.90 bits per heavy atom. The molecule has 3 aromatic rings. The molecule has 0 radical (unpaired) electrons. The maximum atomic E-state index is 12.8. The van der Waals surface area contributed by atoms with Crippen molar-refractivity contribution in [2.75, 3.05) is 11.8 Å². The molecule has 0 saturated heterocycles. The van der Waals surface area contributed by atoms with E-state index in [-0.39, 0.29) is 17.3 Å². The Hall–Kier alpha value is -2.60. The van der Waals surface area contributed by atoms with E-state index in [9.17, 15) is 13.2 Å². The highest BCUT2D eigenvalue weighted by atomic mass is 35.5. The fourth-order valence-corrected chi connectivity index (χ4v) is 4.56. The summed E-state index contributed by atoms with van der Waals surface area (Å²) >= 11 is 7.42. The van der Waals surface area contributed by atoms with E-state index < -0.39 is 10.0 Å². The largest absolute Gasteiger partial charge is 0.469 e. The molecule has 150 valence electrons. The lowest BCUT2D eigenvalue weighted by molar-refractivity contribution is -0.140. The number of thiazole rings is 1. The molecule has 0 fully saturated rings. The highest BCUT2D eigenvalue weighted by Crippen LogP contribution is 2.26. The van der Waals surface area contributed by atoms with Crippen molar-refractivity contribution in [2.24, 2.45) is 0 Å². The van der Waals surface area contributed by atoms with Gasteiger partial charge in [-0.3, -0.25) is 9.52 Å². The number of sulfonamides is 1. The first-order chi connectivity index (χ1) is 13.9.